The van der Waals surface area contributed by atoms with E-state index in [2.05, 4.69) is 17.8 Å². The zero-order valence-corrected chi connectivity index (χ0v) is 19.2. The van der Waals surface area contributed by atoms with Crippen LogP contribution in [0.3, 0.4) is 0 Å². The van der Waals surface area contributed by atoms with Crippen LogP contribution >= 0.6 is 0 Å². The number of methoxy groups -OCH3 is 3. The molecule has 0 atom stereocenters. The van der Waals surface area contributed by atoms with Crippen molar-refractivity contribution < 1.29 is 28.5 Å². The molecule has 0 aromatic heterocycles. The first-order valence-electron chi connectivity index (χ1n) is 10.7. The van der Waals surface area contributed by atoms with Crippen LogP contribution < -0.4 is 29.8 Å². The summed E-state index contributed by atoms with van der Waals surface area (Å²) >= 11 is 0. The summed E-state index contributed by atoms with van der Waals surface area (Å²) in [5.41, 5.74) is 5.42. The molecule has 0 radical (unpaired) electrons. The summed E-state index contributed by atoms with van der Waals surface area (Å²) in [6, 6.07) is 9.76. The van der Waals surface area contributed by atoms with Gasteiger partial charge >= 0.3 is 0 Å². The second kappa shape index (κ2) is 13.1. The van der Waals surface area contributed by atoms with Crippen LogP contribution in [0.1, 0.15) is 59.7 Å². The summed E-state index contributed by atoms with van der Waals surface area (Å²) in [4.78, 5) is 24.8. The van der Waals surface area contributed by atoms with Crippen LogP contribution in [0.4, 0.5) is 0 Å². The van der Waals surface area contributed by atoms with E-state index >= 15 is 0 Å². The molecule has 2 rings (SSSR count). The standard InChI is InChI=1S/C24H32N2O6/c1-5-6-7-8-9-14-32-19-12-10-17(11-13-19)23(27)25-26-24(28)18-15-20(29-2)22(31-4)21(16-18)30-3/h10-13,15-16H,5-9,14H2,1-4H3,(H,25,27)(H,26,28). The number of hydrogen-bond acceptors (Lipinski definition) is 6. The highest BCUT2D eigenvalue weighted by Gasteiger charge is 2.17. The Labute approximate surface area is 189 Å². The predicted octanol–water partition coefficient (Wildman–Crippen LogP) is 4.14. The van der Waals surface area contributed by atoms with Gasteiger partial charge in [0, 0.05) is 11.1 Å². The lowest BCUT2D eigenvalue weighted by Gasteiger charge is -2.14. The lowest BCUT2D eigenvalue weighted by Crippen LogP contribution is -2.41. The smallest absolute Gasteiger partial charge is 0.269 e. The van der Waals surface area contributed by atoms with E-state index in [0.717, 1.165) is 12.8 Å². The zero-order chi connectivity index (χ0) is 23.3. The largest absolute Gasteiger partial charge is 0.494 e. The van der Waals surface area contributed by atoms with Gasteiger partial charge in [-0.1, -0.05) is 32.6 Å². The molecular weight excluding hydrogens is 412 g/mol. The summed E-state index contributed by atoms with van der Waals surface area (Å²) < 4.78 is 21.4. The van der Waals surface area contributed by atoms with Crippen molar-refractivity contribution in [3.63, 3.8) is 0 Å². The number of ether oxygens (including phenoxy) is 4. The Morgan fingerprint density at radius 3 is 1.84 bits per heavy atom. The normalized spacial score (nSPS) is 10.2. The van der Waals surface area contributed by atoms with E-state index in [1.807, 2.05) is 0 Å². The van der Waals surface area contributed by atoms with Gasteiger partial charge < -0.3 is 18.9 Å². The fourth-order valence-electron chi connectivity index (χ4n) is 3.07. The van der Waals surface area contributed by atoms with E-state index in [-0.39, 0.29) is 5.56 Å². The Balaban J connectivity index is 1.89. The molecule has 0 aliphatic carbocycles. The van der Waals surface area contributed by atoms with Gasteiger partial charge in [-0.05, 0) is 42.8 Å². The van der Waals surface area contributed by atoms with Crippen LogP contribution in [-0.2, 0) is 0 Å². The summed E-state index contributed by atoms with van der Waals surface area (Å²) in [6.45, 7) is 2.84. The molecule has 32 heavy (non-hydrogen) atoms. The van der Waals surface area contributed by atoms with Gasteiger partial charge in [-0.25, -0.2) is 0 Å². The molecule has 0 saturated carbocycles. The minimum Gasteiger partial charge on any atom is -0.494 e. The maximum atomic E-state index is 12.5. The Bertz CT molecular complexity index is 858. The first-order chi connectivity index (χ1) is 15.5. The molecule has 0 spiro atoms. The van der Waals surface area contributed by atoms with Gasteiger partial charge in [-0.15, -0.1) is 0 Å². The van der Waals surface area contributed by atoms with Gasteiger partial charge in [0.25, 0.3) is 11.8 Å². The maximum Gasteiger partial charge on any atom is 0.269 e. The predicted molar refractivity (Wildman–Crippen MR) is 122 cm³/mol. The molecule has 0 aliphatic rings. The minimum atomic E-state index is -0.527. The molecule has 8 nitrogen and oxygen atoms in total. The summed E-state index contributed by atoms with van der Waals surface area (Å²) in [6.07, 6.45) is 5.85. The molecule has 2 N–H and O–H groups in total. The molecule has 8 heteroatoms. The van der Waals surface area contributed by atoms with Gasteiger partial charge in [0.1, 0.15) is 5.75 Å². The second-order valence-corrected chi connectivity index (χ2v) is 7.11. The number of hydrogen-bond donors (Lipinski definition) is 2. The average Bonchev–Trinajstić information content (AvgIpc) is 2.83. The number of carbonyl (C=O) groups is 2. The van der Waals surface area contributed by atoms with Gasteiger partial charge in [0.2, 0.25) is 5.75 Å². The Morgan fingerprint density at radius 1 is 0.750 bits per heavy atom. The fraction of sp³-hybridized carbons (Fsp3) is 0.417. The van der Waals surface area contributed by atoms with Crippen LogP contribution in [0.25, 0.3) is 0 Å². The molecular formula is C24H32N2O6. The van der Waals surface area contributed by atoms with Crippen LogP contribution in [0, 0.1) is 0 Å². The van der Waals surface area contributed by atoms with E-state index in [0.29, 0.717) is 35.2 Å². The number of rotatable bonds is 12. The third kappa shape index (κ3) is 7.08. The van der Waals surface area contributed by atoms with Gasteiger partial charge in [-0.3, -0.25) is 20.4 Å². The van der Waals surface area contributed by atoms with E-state index < -0.39 is 11.8 Å². The maximum absolute atomic E-state index is 12.5. The van der Waals surface area contributed by atoms with Crippen molar-refractivity contribution >= 4 is 11.8 Å². The molecule has 0 heterocycles. The number of carbonyl (C=O) groups excluding carboxylic acids is 2. The first kappa shape index (κ1) is 24.8. The van der Waals surface area contributed by atoms with Crippen LogP contribution in [0.15, 0.2) is 36.4 Å². The lowest BCUT2D eigenvalue weighted by molar-refractivity contribution is 0.0846. The van der Waals surface area contributed by atoms with E-state index in [9.17, 15) is 9.59 Å². The highest BCUT2D eigenvalue weighted by molar-refractivity contribution is 5.99. The number of unbranched alkanes of at least 4 members (excludes halogenated alkanes) is 4. The Morgan fingerprint density at radius 2 is 1.31 bits per heavy atom. The van der Waals surface area contributed by atoms with Crippen molar-refractivity contribution in [2.45, 2.75) is 39.0 Å². The molecule has 0 fully saturated rings. The number of amides is 2. The second-order valence-electron chi connectivity index (χ2n) is 7.11. The first-order valence-corrected chi connectivity index (χ1v) is 10.7. The highest BCUT2D eigenvalue weighted by atomic mass is 16.5. The zero-order valence-electron chi connectivity index (χ0n) is 19.2. The third-order valence-corrected chi connectivity index (χ3v) is 4.85. The van der Waals surface area contributed by atoms with Crippen LogP contribution in [0.5, 0.6) is 23.0 Å². The summed E-state index contributed by atoms with van der Waals surface area (Å²) in [5, 5.41) is 0. The lowest BCUT2D eigenvalue weighted by atomic mass is 10.1. The SMILES string of the molecule is CCCCCCCOc1ccc(C(=O)NNC(=O)c2cc(OC)c(OC)c(OC)c2)cc1. The number of nitrogens with one attached hydrogen (secondary N) is 2. The molecule has 2 aromatic carbocycles. The Kier molecular flexibility index (Phi) is 10.2. The van der Waals surface area contributed by atoms with E-state index in [1.165, 1.54) is 52.7 Å². The quantitative estimate of drug-likeness (QED) is 0.377. The molecule has 0 bridgehead atoms. The third-order valence-electron chi connectivity index (χ3n) is 4.85. The van der Waals surface area contributed by atoms with E-state index in [1.54, 1.807) is 24.3 Å². The van der Waals surface area contributed by atoms with Crippen molar-refractivity contribution in [3.05, 3.63) is 47.5 Å². The molecule has 0 unspecified atom stereocenters. The topological polar surface area (TPSA) is 95.1 Å². The van der Waals surface area contributed by atoms with Crippen molar-refractivity contribution in [3.8, 4) is 23.0 Å². The Hall–Kier alpha value is -3.42. The average molecular weight is 445 g/mol. The van der Waals surface area contributed by atoms with Crippen molar-refractivity contribution in [1.29, 1.82) is 0 Å². The number of hydrazine groups is 1. The molecule has 2 amide bonds. The van der Waals surface area contributed by atoms with Gasteiger partial charge in [0.05, 0.1) is 27.9 Å². The minimum absolute atomic E-state index is 0.238. The summed E-state index contributed by atoms with van der Waals surface area (Å²) in [5.74, 6) is 0.781. The van der Waals surface area contributed by atoms with Crippen molar-refractivity contribution in [2.75, 3.05) is 27.9 Å². The monoisotopic (exact) mass is 444 g/mol. The van der Waals surface area contributed by atoms with E-state index in [4.69, 9.17) is 18.9 Å². The van der Waals surface area contributed by atoms with Crippen molar-refractivity contribution in [1.82, 2.24) is 10.9 Å². The highest BCUT2D eigenvalue weighted by Crippen LogP contribution is 2.38. The number of benzene rings is 2. The molecule has 0 saturated heterocycles. The fourth-order valence-corrected chi connectivity index (χ4v) is 3.07. The van der Waals surface area contributed by atoms with Gasteiger partial charge in [-0.2, -0.15) is 0 Å². The molecule has 0 aliphatic heterocycles. The van der Waals surface area contributed by atoms with Gasteiger partial charge in [0.15, 0.2) is 11.5 Å². The van der Waals surface area contributed by atoms with Crippen molar-refractivity contribution in [2.24, 2.45) is 0 Å². The van der Waals surface area contributed by atoms with Crippen LogP contribution in [0.2, 0.25) is 0 Å². The molecule has 2 aromatic rings. The summed E-state index contributed by atoms with van der Waals surface area (Å²) in [7, 11) is 4.39. The molecule has 174 valence electrons. The van der Waals surface area contributed by atoms with Crippen LogP contribution in [-0.4, -0.2) is 39.8 Å².